The van der Waals surface area contributed by atoms with Gasteiger partial charge in [0.15, 0.2) is 0 Å². The van der Waals surface area contributed by atoms with E-state index in [2.05, 4.69) is 26.1 Å². The smallest absolute Gasteiger partial charge is 0.383 e. The lowest BCUT2D eigenvalue weighted by atomic mass is 10.1. The normalized spacial score (nSPS) is 13.4. The van der Waals surface area contributed by atoms with Gasteiger partial charge in [-0.05, 0) is 72.9 Å². The van der Waals surface area contributed by atoms with Crippen molar-refractivity contribution in [2.45, 2.75) is 37.6 Å². The molecule has 0 saturated carbocycles. The Labute approximate surface area is 286 Å². The molecule has 48 heavy (non-hydrogen) atoms. The molecule has 0 bridgehead atoms. The summed E-state index contributed by atoms with van der Waals surface area (Å²) in [7, 11) is 1.57. The molecular formula is C34H37ClF3N5O4S. The minimum atomic E-state index is -4.65. The molecule has 14 heteroatoms. The number of carbonyl (C=O) groups is 3. The molecule has 0 spiro atoms. The van der Waals surface area contributed by atoms with Gasteiger partial charge in [0.25, 0.3) is 11.8 Å². The van der Waals surface area contributed by atoms with Crippen LogP contribution in [0.15, 0.2) is 65.8 Å². The molecule has 4 rings (SSSR count). The molecule has 0 radical (unpaired) electrons. The predicted molar refractivity (Wildman–Crippen MR) is 184 cm³/mol. The summed E-state index contributed by atoms with van der Waals surface area (Å²) in [4.78, 5) is 40.8. The number of amides is 3. The summed E-state index contributed by atoms with van der Waals surface area (Å²) >= 11 is 7.27. The minimum absolute atomic E-state index is 0.0508. The van der Waals surface area contributed by atoms with E-state index >= 15 is 0 Å². The van der Waals surface area contributed by atoms with E-state index in [1.807, 2.05) is 12.1 Å². The van der Waals surface area contributed by atoms with Crippen LogP contribution in [0.1, 0.15) is 63.1 Å². The first-order valence-corrected chi connectivity index (χ1v) is 16.9. The molecule has 1 heterocycles. The molecule has 3 amide bonds. The van der Waals surface area contributed by atoms with Gasteiger partial charge in [0.2, 0.25) is 5.91 Å². The maximum Gasteiger partial charge on any atom is 0.417 e. The van der Waals surface area contributed by atoms with Gasteiger partial charge in [-0.3, -0.25) is 14.4 Å². The van der Waals surface area contributed by atoms with Crippen molar-refractivity contribution in [1.82, 2.24) is 10.7 Å². The molecular weight excluding hydrogens is 667 g/mol. The van der Waals surface area contributed by atoms with E-state index in [4.69, 9.17) is 16.3 Å². The highest BCUT2D eigenvalue weighted by atomic mass is 35.5. The van der Waals surface area contributed by atoms with Gasteiger partial charge in [-0.1, -0.05) is 29.8 Å². The number of alkyl halides is 3. The number of methoxy groups -OCH3 is 1. The fraction of sp³-hybridized carbons (Fsp3) is 0.353. The first kappa shape index (κ1) is 36.8. The van der Waals surface area contributed by atoms with Crippen LogP contribution in [0.4, 0.5) is 24.5 Å². The minimum Gasteiger partial charge on any atom is -0.383 e. The van der Waals surface area contributed by atoms with Crippen molar-refractivity contribution in [3.63, 3.8) is 0 Å². The lowest BCUT2D eigenvalue weighted by Gasteiger charge is -2.29. The van der Waals surface area contributed by atoms with Crippen LogP contribution in [0, 0.1) is 0 Å². The lowest BCUT2D eigenvalue weighted by molar-refractivity contribution is -0.137. The number of hydrazone groups is 1. The quantitative estimate of drug-likeness (QED) is 0.0973. The first-order chi connectivity index (χ1) is 23.0. The average molecular weight is 704 g/mol. The first-order valence-electron chi connectivity index (χ1n) is 15.4. The topological polar surface area (TPSA) is 112 Å². The third-order valence-corrected chi connectivity index (χ3v) is 8.81. The van der Waals surface area contributed by atoms with Gasteiger partial charge < -0.3 is 20.3 Å². The number of hydrogen-bond acceptors (Lipinski definition) is 7. The number of benzene rings is 3. The number of halogens is 4. The monoisotopic (exact) mass is 703 g/mol. The number of ether oxygens (including phenoxy) is 1. The predicted octanol–water partition coefficient (Wildman–Crippen LogP) is 6.75. The van der Waals surface area contributed by atoms with Crippen LogP contribution < -0.4 is 21.0 Å². The molecule has 3 aromatic carbocycles. The second-order valence-electron chi connectivity index (χ2n) is 11.0. The largest absolute Gasteiger partial charge is 0.417 e. The van der Waals surface area contributed by atoms with Crippen LogP contribution in [0.3, 0.4) is 0 Å². The number of nitrogens with one attached hydrogen (secondary N) is 3. The number of rotatable bonds is 14. The van der Waals surface area contributed by atoms with E-state index in [0.717, 1.165) is 62.0 Å². The Kier molecular flexibility index (Phi) is 13.7. The number of carbonyl (C=O) groups excluding carboxylic acids is 3. The third kappa shape index (κ3) is 11.0. The van der Waals surface area contributed by atoms with Gasteiger partial charge >= 0.3 is 6.18 Å². The van der Waals surface area contributed by atoms with Crippen molar-refractivity contribution >= 4 is 58.7 Å². The SMILES string of the molecule is COCCNC(=O)CCSCc1cccc(C(=O)Nc2ccc(N3CCCCC3)cc2C(=O)N/N=C/c2ccc(Cl)c(C(F)(F)F)c2)c1. The van der Waals surface area contributed by atoms with Gasteiger partial charge in [-0.25, -0.2) is 5.43 Å². The van der Waals surface area contributed by atoms with Crippen molar-refractivity contribution in [3.05, 3.63) is 93.5 Å². The molecule has 0 atom stereocenters. The highest BCUT2D eigenvalue weighted by Crippen LogP contribution is 2.35. The van der Waals surface area contributed by atoms with E-state index in [0.29, 0.717) is 36.6 Å². The molecule has 3 aromatic rings. The fourth-order valence-electron chi connectivity index (χ4n) is 4.98. The Morgan fingerprint density at radius 3 is 2.56 bits per heavy atom. The van der Waals surface area contributed by atoms with Crippen LogP contribution in [0.2, 0.25) is 5.02 Å². The highest BCUT2D eigenvalue weighted by Gasteiger charge is 2.33. The summed E-state index contributed by atoms with van der Waals surface area (Å²) in [6, 6.07) is 15.6. The van der Waals surface area contributed by atoms with Gasteiger partial charge in [0.1, 0.15) is 0 Å². The Morgan fingerprint density at radius 1 is 1.02 bits per heavy atom. The highest BCUT2D eigenvalue weighted by molar-refractivity contribution is 7.98. The molecule has 0 aliphatic carbocycles. The molecule has 1 saturated heterocycles. The fourth-order valence-corrected chi connectivity index (χ4v) is 6.09. The zero-order valence-electron chi connectivity index (χ0n) is 26.4. The molecule has 256 valence electrons. The van der Waals surface area contributed by atoms with Crippen molar-refractivity contribution in [2.24, 2.45) is 5.10 Å². The number of thioether (sulfide) groups is 1. The van der Waals surface area contributed by atoms with E-state index in [1.165, 1.54) is 6.07 Å². The van der Waals surface area contributed by atoms with E-state index in [1.54, 1.807) is 49.2 Å². The van der Waals surface area contributed by atoms with Crippen molar-refractivity contribution in [3.8, 4) is 0 Å². The van der Waals surface area contributed by atoms with Crippen LogP contribution >= 0.6 is 23.4 Å². The van der Waals surface area contributed by atoms with E-state index < -0.39 is 28.6 Å². The summed E-state index contributed by atoms with van der Waals surface area (Å²) < 4.78 is 44.7. The Morgan fingerprint density at radius 2 is 1.81 bits per heavy atom. The van der Waals surface area contributed by atoms with E-state index in [9.17, 15) is 27.6 Å². The molecule has 3 N–H and O–H groups in total. The summed E-state index contributed by atoms with van der Waals surface area (Å²) in [6.07, 6.45) is -0.0379. The second kappa shape index (κ2) is 17.9. The molecule has 1 aliphatic heterocycles. The zero-order chi connectivity index (χ0) is 34.5. The summed E-state index contributed by atoms with van der Waals surface area (Å²) in [5.41, 5.74) is 3.94. The molecule has 9 nitrogen and oxygen atoms in total. The Hall–Kier alpha value is -4.07. The van der Waals surface area contributed by atoms with Crippen molar-refractivity contribution in [2.75, 3.05) is 49.3 Å². The van der Waals surface area contributed by atoms with Crippen LogP contribution in [0.25, 0.3) is 0 Å². The van der Waals surface area contributed by atoms with Gasteiger partial charge in [-0.2, -0.15) is 30.0 Å². The van der Waals surface area contributed by atoms with Gasteiger partial charge in [0.05, 0.1) is 34.7 Å². The molecule has 0 unspecified atom stereocenters. The summed E-state index contributed by atoms with van der Waals surface area (Å²) in [5.74, 6) is 0.0809. The number of anilines is 2. The number of nitrogens with zero attached hydrogens (tertiary/aromatic N) is 2. The molecule has 0 aromatic heterocycles. The lowest BCUT2D eigenvalue weighted by Crippen LogP contribution is -2.30. The summed E-state index contributed by atoms with van der Waals surface area (Å²) in [6.45, 7) is 2.57. The average Bonchev–Trinajstić information content (AvgIpc) is 3.07. The standard InChI is InChI=1S/C34H37ClF3N5O4S/c1-47-16-13-39-31(44)12-17-48-22-24-6-5-7-25(18-24)32(45)41-30-11-9-26(43-14-3-2-4-15-43)20-27(30)33(46)42-40-21-23-8-10-29(35)28(19-23)34(36,37)38/h5-11,18-21H,2-4,12-17,22H2,1H3,(H,39,44)(H,41,45)(H,42,46)/b40-21+. The van der Waals surface area contributed by atoms with E-state index in [-0.39, 0.29) is 22.7 Å². The van der Waals surface area contributed by atoms with Crippen molar-refractivity contribution in [1.29, 1.82) is 0 Å². The summed E-state index contributed by atoms with van der Waals surface area (Å²) in [5, 5.41) is 9.04. The molecule has 1 fully saturated rings. The number of piperidine rings is 1. The maximum absolute atomic E-state index is 13.4. The molecule has 1 aliphatic rings. The third-order valence-electron chi connectivity index (χ3n) is 7.45. The zero-order valence-corrected chi connectivity index (χ0v) is 27.9. The maximum atomic E-state index is 13.4. The number of hydrogen-bond donors (Lipinski definition) is 3. The second-order valence-corrected chi connectivity index (χ2v) is 12.5. The van der Waals surface area contributed by atoms with Crippen LogP contribution in [-0.2, 0) is 21.5 Å². The van der Waals surface area contributed by atoms with Crippen LogP contribution in [-0.4, -0.2) is 63.0 Å². The van der Waals surface area contributed by atoms with Crippen LogP contribution in [0.5, 0.6) is 0 Å². The Bertz CT molecular complexity index is 1620. The van der Waals surface area contributed by atoms with Gasteiger partial charge in [-0.15, -0.1) is 0 Å². The van der Waals surface area contributed by atoms with Gasteiger partial charge in [0, 0.05) is 55.9 Å². The Balaban J connectivity index is 1.45. The van der Waals surface area contributed by atoms with Crippen molar-refractivity contribution < 1.29 is 32.3 Å².